The molecule has 1 aromatic carbocycles. The number of benzene rings is 1. The van der Waals surface area contributed by atoms with E-state index in [9.17, 15) is 4.79 Å². The largest absolute Gasteiger partial charge is 0.480 e. The summed E-state index contributed by atoms with van der Waals surface area (Å²) in [5, 5.41) is 10.4. The summed E-state index contributed by atoms with van der Waals surface area (Å²) in [4.78, 5) is 13.1. The Kier molecular flexibility index (Phi) is 2.89. The number of hydrogen-bond donors (Lipinski definition) is 2. The number of nitrogens with zero attached hydrogens (tertiary/aromatic N) is 1. The number of carboxylic acids is 1. The van der Waals surface area contributed by atoms with Crippen molar-refractivity contribution in [2.24, 2.45) is 12.8 Å². The second kappa shape index (κ2) is 4.69. The Balaban J connectivity index is 1.96. The lowest BCUT2D eigenvalue weighted by molar-refractivity contribution is -0.138. The summed E-state index contributed by atoms with van der Waals surface area (Å²) in [6, 6.07) is 9.44. The van der Waals surface area contributed by atoms with E-state index in [-0.39, 0.29) is 0 Å². The molecule has 4 rings (SSSR count). The molecule has 112 valence electrons. The maximum atomic E-state index is 11.1. The highest BCUT2D eigenvalue weighted by atomic mass is 32.1. The number of aromatic nitrogens is 1. The van der Waals surface area contributed by atoms with Crippen LogP contribution in [0.2, 0.25) is 0 Å². The van der Waals surface area contributed by atoms with Crippen LogP contribution in [0.25, 0.3) is 22.2 Å². The van der Waals surface area contributed by atoms with Crippen molar-refractivity contribution < 1.29 is 9.90 Å². The minimum Gasteiger partial charge on any atom is -0.480 e. The molecule has 0 saturated carbocycles. The van der Waals surface area contributed by atoms with Crippen LogP contribution in [0.15, 0.2) is 30.3 Å². The predicted molar refractivity (Wildman–Crippen MR) is 88.2 cm³/mol. The number of aryl methyl sites for hydroxylation is 3. The molecule has 0 amide bonds. The van der Waals surface area contributed by atoms with E-state index in [1.165, 1.54) is 38.4 Å². The summed E-state index contributed by atoms with van der Waals surface area (Å²) in [5.74, 6) is -0.976. The van der Waals surface area contributed by atoms with Crippen LogP contribution in [-0.2, 0) is 24.7 Å². The van der Waals surface area contributed by atoms with E-state index in [1.54, 1.807) is 0 Å². The van der Waals surface area contributed by atoms with Gasteiger partial charge in [-0.1, -0.05) is 18.2 Å². The highest BCUT2D eigenvalue weighted by molar-refractivity contribution is 7.12. The van der Waals surface area contributed by atoms with E-state index in [0.717, 1.165) is 23.3 Å². The average Bonchev–Trinajstić information content (AvgIpc) is 3.07. The molecule has 3 aromatic rings. The van der Waals surface area contributed by atoms with Crippen molar-refractivity contribution >= 4 is 28.2 Å². The van der Waals surface area contributed by atoms with E-state index in [4.69, 9.17) is 10.8 Å². The highest BCUT2D eigenvalue weighted by Crippen LogP contribution is 2.43. The molecule has 1 unspecified atom stereocenters. The number of para-hydroxylation sites is 1. The first-order valence-corrected chi connectivity index (χ1v) is 8.07. The number of fused-ring (bicyclic) bond motifs is 5. The molecule has 0 saturated heterocycles. The van der Waals surface area contributed by atoms with E-state index in [0.29, 0.717) is 0 Å². The van der Waals surface area contributed by atoms with Gasteiger partial charge in [0.15, 0.2) is 0 Å². The van der Waals surface area contributed by atoms with Gasteiger partial charge in [0.25, 0.3) is 0 Å². The molecule has 5 heteroatoms. The molecule has 0 bridgehead atoms. The minimum absolute atomic E-state index is 0.732. The van der Waals surface area contributed by atoms with Crippen LogP contribution in [-0.4, -0.2) is 15.6 Å². The van der Waals surface area contributed by atoms with Gasteiger partial charge in [0.2, 0.25) is 0 Å². The molecular weight excluding hydrogens is 296 g/mol. The van der Waals surface area contributed by atoms with Gasteiger partial charge >= 0.3 is 5.97 Å². The van der Waals surface area contributed by atoms with Crippen LogP contribution >= 0.6 is 11.3 Å². The van der Waals surface area contributed by atoms with Crippen molar-refractivity contribution in [3.63, 3.8) is 0 Å². The van der Waals surface area contributed by atoms with E-state index >= 15 is 0 Å². The lowest BCUT2D eigenvalue weighted by Crippen LogP contribution is -2.19. The number of hydrogen-bond acceptors (Lipinski definition) is 3. The van der Waals surface area contributed by atoms with Crippen LogP contribution in [0, 0.1) is 0 Å². The van der Waals surface area contributed by atoms with E-state index < -0.39 is 12.0 Å². The molecule has 0 aliphatic heterocycles. The Morgan fingerprint density at radius 2 is 2.14 bits per heavy atom. The number of thiophene rings is 1. The van der Waals surface area contributed by atoms with Gasteiger partial charge in [-0.2, -0.15) is 0 Å². The number of aliphatic carboxylic acids is 1. The first kappa shape index (κ1) is 13.5. The zero-order valence-electron chi connectivity index (χ0n) is 12.2. The van der Waals surface area contributed by atoms with Gasteiger partial charge in [0.05, 0.1) is 5.69 Å². The molecule has 0 spiro atoms. The number of rotatable bonds is 2. The van der Waals surface area contributed by atoms with Crippen molar-refractivity contribution in [1.82, 2.24) is 4.57 Å². The lowest BCUT2D eigenvalue weighted by Gasteiger charge is -2.14. The summed E-state index contributed by atoms with van der Waals surface area (Å²) in [5.41, 5.74) is 10.7. The lowest BCUT2D eigenvalue weighted by atomic mass is 9.94. The van der Waals surface area contributed by atoms with Crippen LogP contribution < -0.4 is 5.73 Å². The fraction of sp³-hybridized carbons (Fsp3) is 0.235. The molecular formula is C17H16N2O2S. The first-order valence-electron chi connectivity index (χ1n) is 7.25. The van der Waals surface area contributed by atoms with Crippen molar-refractivity contribution in [3.8, 4) is 11.3 Å². The molecule has 0 fully saturated rings. The third-order valence-corrected chi connectivity index (χ3v) is 5.75. The van der Waals surface area contributed by atoms with Crippen molar-refractivity contribution in [2.45, 2.75) is 18.9 Å². The van der Waals surface area contributed by atoms with Crippen LogP contribution in [0.1, 0.15) is 21.4 Å². The van der Waals surface area contributed by atoms with E-state index in [1.807, 2.05) is 12.1 Å². The zero-order valence-corrected chi connectivity index (χ0v) is 13.0. The average molecular weight is 312 g/mol. The molecule has 1 aliphatic carbocycles. The zero-order chi connectivity index (χ0) is 15.4. The fourth-order valence-electron chi connectivity index (χ4n) is 3.42. The highest BCUT2D eigenvalue weighted by Gasteiger charge is 2.27. The summed E-state index contributed by atoms with van der Waals surface area (Å²) < 4.78 is 2.21. The molecule has 2 heterocycles. The van der Waals surface area contributed by atoms with E-state index in [2.05, 4.69) is 29.8 Å². The van der Waals surface area contributed by atoms with Gasteiger partial charge in [-0.05, 0) is 30.5 Å². The summed E-state index contributed by atoms with van der Waals surface area (Å²) in [6.07, 6.45) is 1.94. The minimum atomic E-state index is -0.976. The maximum Gasteiger partial charge on any atom is 0.325 e. The third kappa shape index (κ3) is 1.76. The summed E-state index contributed by atoms with van der Waals surface area (Å²) in [7, 11) is 2.07. The Morgan fingerprint density at radius 3 is 2.91 bits per heavy atom. The summed E-state index contributed by atoms with van der Waals surface area (Å²) >= 11 is 1.53. The Hall–Kier alpha value is -2.11. The summed E-state index contributed by atoms with van der Waals surface area (Å²) in [6.45, 7) is 0. The van der Waals surface area contributed by atoms with Crippen LogP contribution in [0.5, 0.6) is 0 Å². The van der Waals surface area contributed by atoms with Crippen LogP contribution in [0.4, 0.5) is 0 Å². The molecule has 2 aromatic heterocycles. The Morgan fingerprint density at radius 1 is 1.36 bits per heavy atom. The van der Waals surface area contributed by atoms with Gasteiger partial charge in [0, 0.05) is 33.3 Å². The predicted octanol–water partition coefficient (Wildman–Crippen LogP) is 3.09. The molecule has 1 atom stereocenters. The molecule has 1 aliphatic rings. The number of carboxylic acid groups (broad SMARTS) is 1. The third-order valence-electron chi connectivity index (χ3n) is 4.47. The van der Waals surface area contributed by atoms with Crippen molar-refractivity contribution in [1.29, 1.82) is 0 Å². The first-order chi connectivity index (χ1) is 10.6. The molecule has 4 nitrogen and oxygen atoms in total. The van der Waals surface area contributed by atoms with Gasteiger partial charge in [-0.15, -0.1) is 11.3 Å². The van der Waals surface area contributed by atoms with Gasteiger partial charge in [-0.3, -0.25) is 4.79 Å². The normalized spacial score (nSPS) is 14.6. The number of nitrogens with two attached hydrogens (primary N) is 1. The topological polar surface area (TPSA) is 68.2 Å². The second-order valence-corrected chi connectivity index (χ2v) is 6.87. The Labute approximate surface area is 131 Å². The van der Waals surface area contributed by atoms with Crippen molar-refractivity contribution in [2.75, 3.05) is 0 Å². The van der Waals surface area contributed by atoms with Gasteiger partial charge in [-0.25, -0.2) is 0 Å². The molecule has 0 radical (unpaired) electrons. The monoisotopic (exact) mass is 312 g/mol. The fourth-order valence-corrected chi connectivity index (χ4v) is 4.58. The van der Waals surface area contributed by atoms with Gasteiger partial charge < -0.3 is 15.4 Å². The maximum absolute atomic E-state index is 11.1. The number of carbonyl (C=O) groups is 1. The van der Waals surface area contributed by atoms with Crippen LogP contribution in [0.3, 0.4) is 0 Å². The smallest absolute Gasteiger partial charge is 0.325 e. The SMILES string of the molecule is Cn1c2c(c3ccccc31)CCc1sc(C(N)C(=O)O)cc1-2. The molecule has 3 N–H and O–H groups in total. The van der Waals surface area contributed by atoms with Crippen molar-refractivity contribution in [3.05, 3.63) is 45.6 Å². The quantitative estimate of drug-likeness (QED) is 0.764. The Bertz CT molecular complexity index is 907. The molecule has 22 heavy (non-hydrogen) atoms. The van der Waals surface area contributed by atoms with Gasteiger partial charge in [0.1, 0.15) is 6.04 Å². The second-order valence-electron chi connectivity index (χ2n) is 5.70. The standard InChI is InChI=1S/C17H16N2O2S/c1-19-12-5-3-2-4-9(12)10-6-7-13-11(16(10)19)8-14(22-13)15(18)17(20)21/h2-5,8,15H,6-7,18H2,1H3,(H,20,21).